The van der Waals surface area contributed by atoms with Crippen LogP contribution in [0.25, 0.3) is 0 Å². The summed E-state index contributed by atoms with van der Waals surface area (Å²) < 4.78 is 0. The average Bonchev–Trinajstić information content (AvgIpc) is 2.98. The predicted octanol–water partition coefficient (Wildman–Crippen LogP) is 6.42. The van der Waals surface area contributed by atoms with Gasteiger partial charge in [0.15, 0.2) is 0 Å². The van der Waals surface area contributed by atoms with Gasteiger partial charge in [0.05, 0.1) is 11.7 Å². The van der Waals surface area contributed by atoms with E-state index in [0.29, 0.717) is 16.7 Å². The molecule has 0 bridgehead atoms. The van der Waals surface area contributed by atoms with Crippen molar-refractivity contribution in [2.45, 2.75) is 111 Å². The van der Waals surface area contributed by atoms with Crippen LogP contribution >= 0.6 is 0 Å². The molecule has 0 saturated heterocycles. The van der Waals surface area contributed by atoms with Gasteiger partial charge in [0.2, 0.25) is 0 Å². The smallest absolute Gasteiger partial charge is 0.0591 e. The van der Waals surface area contributed by atoms with Crippen LogP contribution in [-0.4, -0.2) is 21.9 Å². The van der Waals surface area contributed by atoms with Crippen molar-refractivity contribution in [1.29, 1.82) is 0 Å². The van der Waals surface area contributed by atoms with E-state index in [2.05, 4.69) is 32.9 Å². The number of rotatable bonds is 5. The normalized spacial score (nSPS) is 43.0. The Kier molecular flexibility index (Phi) is 5.61. The SMILES string of the molecule is C[C@H](CCCC(C)(C)O)[C@@H]1CC[C@@H]2C3=CC=C4C[C@H](O)CC[C@]4(C)[C@@H]3CC[C@]21C. The van der Waals surface area contributed by atoms with Crippen LogP contribution in [0.1, 0.15) is 98.8 Å². The molecule has 0 unspecified atom stereocenters. The average molecular weight is 401 g/mol. The van der Waals surface area contributed by atoms with Crippen LogP contribution in [0.15, 0.2) is 23.3 Å². The lowest BCUT2D eigenvalue weighted by Crippen LogP contribution is -2.46. The topological polar surface area (TPSA) is 40.5 Å². The Morgan fingerprint density at radius 3 is 2.55 bits per heavy atom. The van der Waals surface area contributed by atoms with Crippen molar-refractivity contribution in [2.75, 3.05) is 0 Å². The Labute approximate surface area is 178 Å². The number of hydrogen-bond acceptors (Lipinski definition) is 2. The van der Waals surface area contributed by atoms with Crippen molar-refractivity contribution < 1.29 is 10.2 Å². The summed E-state index contributed by atoms with van der Waals surface area (Å²) >= 11 is 0. The number of allylic oxidation sites excluding steroid dienone is 3. The van der Waals surface area contributed by atoms with Gasteiger partial charge in [-0.1, -0.05) is 56.9 Å². The van der Waals surface area contributed by atoms with Gasteiger partial charge >= 0.3 is 0 Å². The van der Waals surface area contributed by atoms with Crippen molar-refractivity contribution in [3.05, 3.63) is 23.3 Å². The molecule has 0 spiro atoms. The number of aliphatic hydroxyl groups excluding tert-OH is 1. The molecule has 0 radical (unpaired) electrons. The molecule has 29 heavy (non-hydrogen) atoms. The largest absolute Gasteiger partial charge is 0.393 e. The van der Waals surface area contributed by atoms with Crippen LogP contribution in [-0.2, 0) is 0 Å². The van der Waals surface area contributed by atoms with Crippen molar-refractivity contribution in [3.63, 3.8) is 0 Å². The monoisotopic (exact) mass is 400 g/mol. The first-order valence-electron chi connectivity index (χ1n) is 12.4. The van der Waals surface area contributed by atoms with Gasteiger partial charge in [0.1, 0.15) is 0 Å². The van der Waals surface area contributed by atoms with E-state index >= 15 is 0 Å². The molecule has 4 aliphatic carbocycles. The molecule has 3 fully saturated rings. The summed E-state index contributed by atoms with van der Waals surface area (Å²) in [4.78, 5) is 0. The first-order chi connectivity index (χ1) is 13.5. The Morgan fingerprint density at radius 1 is 1.07 bits per heavy atom. The third-order valence-corrected chi connectivity index (χ3v) is 9.75. The Morgan fingerprint density at radius 2 is 1.83 bits per heavy atom. The van der Waals surface area contributed by atoms with Gasteiger partial charge in [-0.3, -0.25) is 0 Å². The highest BCUT2D eigenvalue weighted by Crippen LogP contribution is 2.66. The molecule has 2 heteroatoms. The molecular formula is C27H44O2. The van der Waals surface area contributed by atoms with E-state index in [0.717, 1.165) is 49.9 Å². The number of hydrogen-bond donors (Lipinski definition) is 2. The fraction of sp³-hybridized carbons (Fsp3) is 0.852. The summed E-state index contributed by atoms with van der Waals surface area (Å²) in [6.07, 6.45) is 16.5. The van der Waals surface area contributed by atoms with Gasteiger partial charge in [-0.25, -0.2) is 0 Å². The molecule has 0 aromatic heterocycles. The summed E-state index contributed by atoms with van der Waals surface area (Å²) in [5.41, 5.74) is 3.49. The molecule has 4 rings (SSSR count). The van der Waals surface area contributed by atoms with Gasteiger partial charge < -0.3 is 10.2 Å². The molecule has 0 aromatic rings. The molecule has 2 nitrogen and oxygen atoms in total. The summed E-state index contributed by atoms with van der Waals surface area (Å²) in [5.74, 6) is 3.03. The maximum absolute atomic E-state index is 10.2. The second-order valence-corrected chi connectivity index (χ2v) is 12.2. The number of aliphatic hydroxyl groups is 2. The standard InChI is InChI=1S/C27H44O2/c1-18(7-6-14-25(2,3)29)22-10-11-23-21-9-8-19-17-20(28)12-15-26(19,4)24(21)13-16-27(22,23)5/h8-9,18,20,22-24,28-29H,6-7,10-17H2,1-5H3/t18-,20-,22+,23-,24-,26+,27+/m1/s1. The lowest BCUT2D eigenvalue weighted by atomic mass is 9.50. The minimum Gasteiger partial charge on any atom is -0.393 e. The van der Waals surface area contributed by atoms with Crippen LogP contribution in [0.4, 0.5) is 0 Å². The van der Waals surface area contributed by atoms with Gasteiger partial charge in [0, 0.05) is 0 Å². The van der Waals surface area contributed by atoms with Crippen molar-refractivity contribution in [1.82, 2.24) is 0 Å². The Hall–Kier alpha value is -0.600. The predicted molar refractivity (Wildman–Crippen MR) is 120 cm³/mol. The third kappa shape index (κ3) is 3.78. The molecule has 0 amide bonds. The van der Waals surface area contributed by atoms with Crippen LogP contribution in [0.2, 0.25) is 0 Å². The quantitative estimate of drug-likeness (QED) is 0.559. The van der Waals surface area contributed by atoms with E-state index in [9.17, 15) is 10.2 Å². The molecule has 0 aliphatic heterocycles. The van der Waals surface area contributed by atoms with E-state index < -0.39 is 5.60 Å². The lowest BCUT2D eigenvalue weighted by molar-refractivity contribution is 0.0298. The zero-order valence-corrected chi connectivity index (χ0v) is 19.5. The highest BCUT2D eigenvalue weighted by Gasteiger charge is 2.56. The summed E-state index contributed by atoms with van der Waals surface area (Å²) in [6.45, 7) is 11.5. The Bertz CT molecular complexity index is 683. The highest BCUT2D eigenvalue weighted by molar-refractivity contribution is 5.38. The lowest BCUT2D eigenvalue weighted by Gasteiger charge is -2.55. The van der Waals surface area contributed by atoms with E-state index in [1.807, 2.05) is 13.8 Å². The summed E-state index contributed by atoms with van der Waals surface area (Å²) in [5, 5.41) is 20.3. The zero-order chi connectivity index (χ0) is 21.0. The minimum absolute atomic E-state index is 0.126. The van der Waals surface area contributed by atoms with Gasteiger partial charge in [0.25, 0.3) is 0 Å². The van der Waals surface area contributed by atoms with Crippen molar-refractivity contribution in [3.8, 4) is 0 Å². The summed E-state index contributed by atoms with van der Waals surface area (Å²) in [7, 11) is 0. The molecular weight excluding hydrogens is 356 g/mol. The summed E-state index contributed by atoms with van der Waals surface area (Å²) in [6, 6.07) is 0. The Balaban J connectivity index is 1.51. The molecule has 2 N–H and O–H groups in total. The third-order valence-electron chi connectivity index (χ3n) is 9.75. The zero-order valence-electron chi connectivity index (χ0n) is 19.5. The van der Waals surface area contributed by atoms with Crippen LogP contribution in [0, 0.1) is 34.5 Å². The fourth-order valence-electron chi connectivity index (χ4n) is 8.02. The van der Waals surface area contributed by atoms with E-state index in [-0.39, 0.29) is 6.10 Å². The van der Waals surface area contributed by atoms with Gasteiger partial charge in [-0.05, 0) is 99.7 Å². The van der Waals surface area contributed by atoms with Gasteiger partial charge in [-0.2, -0.15) is 0 Å². The fourth-order valence-corrected chi connectivity index (χ4v) is 8.02. The van der Waals surface area contributed by atoms with Crippen LogP contribution in [0.3, 0.4) is 0 Å². The molecule has 0 heterocycles. The molecule has 0 aromatic carbocycles. The first-order valence-corrected chi connectivity index (χ1v) is 12.4. The maximum Gasteiger partial charge on any atom is 0.0591 e. The molecule has 7 atom stereocenters. The number of fused-ring (bicyclic) bond motifs is 5. The maximum atomic E-state index is 10.2. The van der Waals surface area contributed by atoms with Crippen molar-refractivity contribution >= 4 is 0 Å². The molecule has 3 saturated carbocycles. The highest BCUT2D eigenvalue weighted by atomic mass is 16.3. The van der Waals surface area contributed by atoms with E-state index in [4.69, 9.17) is 0 Å². The second-order valence-electron chi connectivity index (χ2n) is 12.2. The van der Waals surface area contributed by atoms with Crippen LogP contribution < -0.4 is 0 Å². The van der Waals surface area contributed by atoms with Gasteiger partial charge in [-0.15, -0.1) is 0 Å². The first kappa shape index (κ1) is 21.6. The molecule has 164 valence electrons. The molecule has 4 aliphatic rings. The second kappa shape index (κ2) is 7.52. The van der Waals surface area contributed by atoms with Crippen LogP contribution in [0.5, 0.6) is 0 Å². The van der Waals surface area contributed by atoms with E-state index in [1.54, 1.807) is 5.57 Å². The minimum atomic E-state index is -0.528. The van der Waals surface area contributed by atoms with Crippen molar-refractivity contribution in [2.24, 2.45) is 34.5 Å². The van der Waals surface area contributed by atoms with E-state index in [1.165, 1.54) is 37.7 Å².